The SMILES string of the molecule is C=CCC(O)(CC(=O)O)C(=O)OCc1ccccc1. The van der Waals surface area contributed by atoms with E-state index >= 15 is 0 Å². The number of hydrogen-bond acceptors (Lipinski definition) is 4. The molecule has 1 atom stereocenters. The number of aliphatic hydroxyl groups is 1. The van der Waals surface area contributed by atoms with Crippen molar-refractivity contribution in [1.29, 1.82) is 0 Å². The highest BCUT2D eigenvalue weighted by atomic mass is 16.5. The normalized spacial score (nSPS) is 13.3. The maximum Gasteiger partial charge on any atom is 0.339 e. The van der Waals surface area contributed by atoms with Crippen LogP contribution in [0.5, 0.6) is 0 Å². The third-order valence-corrected chi connectivity index (χ3v) is 2.52. The summed E-state index contributed by atoms with van der Waals surface area (Å²) in [5.41, 5.74) is -1.31. The molecule has 0 amide bonds. The van der Waals surface area contributed by atoms with Gasteiger partial charge in [-0.1, -0.05) is 36.4 Å². The van der Waals surface area contributed by atoms with Gasteiger partial charge in [-0.15, -0.1) is 6.58 Å². The van der Waals surface area contributed by atoms with E-state index in [1.807, 2.05) is 6.07 Å². The van der Waals surface area contributed by atoms with Crippen LogP contribution >= 0.6 is 0 Å². The van der Waals surface area contributed by atoms with Crippen molar-refractivity contribution in [2.75, 3.05) is 0 Å². The summed E-state index contributed by atoms with van der Waals surface area (Å²) in [6.45, 7) is 3.38. The molecule has 0 radical (unpaired) electrons. The van der Waals surface area contributed by atoms with Gasteiger partial charge in [0.25, 0.3) is 0 Å². The Labute approximate surface area is 111 Å². The first-order valence-corrected chi connectivity index (χ1v) is 5.74. The number of carboxylic acid groups (broad SMARTS) is 1. The molecule has 19 heavy (non-hydrogen) atoms. The Kier molecular flexibility index (Phi) is 5.26. The molecule has 1 rings (SSSR count). The van der Waals surface area contributed by atoms with E-state index in [9.17, 15) is 14.7 Å². The van der Waals surface area contributed by atoms with Crippen LogP contribution in [0.2, 0.25) is 0 Å². The van der Waals surface area contributed by atoms with Crippen molar-refractivity contribution in [3.8, 4) is 0 Å². The second-order valence-corrected chi connectivity index (χ2v) is 4.16. The molecule has 2 N–H and O–H groups in total. The first kappa shape index (κ1) is 14.9. The fraction of sp³-hybridized carbons (Fsp3) is 0.286. The van der Waals surface area contributed by atoms with Crippen LogP contribution < -0.4 is 0 Å². The van der Waals surface area contributed by atoms with E-state index in [-0.39, 0.29) is 13.0 Å². The number of esters is 1. The molecule has 0 aliphatic heterocycles. The highest BCUT2D eigenvalue weighted by molar-refractivity contribution is 5.85. The van der Waals surface area contributed by atoms with Gasteiger partial charge in [-0.3, -0.25) is 4.79 Å². The van der Waals surface area contributed by atoms with Crippen LogP contribution in [0.1, 0.15) is 18.4 Å². The third kappa shape index (κ3) is 4.56. The Morgan fingerprint density at radius 2 is 1.95 bits per heavy atom. The van der Waals surface area contributed by atoms with E-state index in [0.29, 0.717) is 0 Å². The zero-order valence-electron chi connectivity index (χ0n) is 10.4. The fourth-order valence-electron chi connectivity index (χ4n) is 1.57. The molecule has 5 nitrogen and oxygen atoms in total. The lowest BCUT2D eigenvalue weighted by Crippen LogP contribution is -2.41. The number of aliphatic carboxylic acids is 1. The second-order valence-electron chi connectivity index (χ2n) is 4.16. The van der Waals surface area contributed by atoms with Crippen LogP contribution in [0, 0.1) is 0 Å². The van der Waals surface area contributed by atoms with Crippen molar-refractivity contribution in [3.05, 3.63) is 48.6 Å². The molecular weight excluding hydrogens is 248 g/mol. The van der Waals surface area contributed by atoms with Crippen molar-refractivity contribution >= 4 is 11.9 Å². The lowest BCUT2D eigenvalue weighted by atomic mass is 9.96. The molecule has 102 valence electrons. The Balaban J connectivity index is 2.67. The standard InChI is InChI=1S/C14H16O5/c1-2-8-14(18,9-12(15)16)13(17)19-10-11-6-4-3-5-7-11/h2-7,18H,1,8-10H2,(H,15,16). The number of rotatable bonds is 7. The van der Waals surface area contributed by atoms with Gasteiger partial charge in [0.05, 0.1) is 6.42 Å². The van der Waals surface area contributed by atoms with Crippen LogP contribution in [0.25, 0.3) is 0 Å². The molecule has 0 aromatic heterocycles. The monoisotopic (exact) mass is 264 g/mol. The Hall–Kier alpha value is -2.14. The smallest absolute Gasteiger partial charge is 0.339 e. The van der Waals surface area contributed by atoms with Gasteiger partial charge in [-0.2, -0.15) is 0 Å². The summed E-state index contributed by atoms with van der Waals surface area (Å²) in [5.74, 6) is -2.24. The van der Waals surface area contributed by atoms with Crippen molar-refractivity contribution < 1.29 is 24.5 Å². The van der Waals surface area contributed by atoms with Gasteiger partial charge in [0.2, 0.25) is 0 Å². The molecule has 1 aromatic rings. The molecule has 0 aliphatic rings. The van der Waals surface area contributed by atoms with Crippen LogP contribution in [-0.4, -0.2) is 27.8 Å². The molecule has 0 aliphatic carbocycles. The molecule has 0 heterocycles. The highest BCUT2D eigenvalue weighted by Crippen LogP contribution is 2.19. The largest absolute Gasteiger partial charge is 0.481 e. The molecule has 0 saturated heterocycles. The number of hydrogen-bond donors (Lipinski definition) is 2. The molecule has 0 fully saturated rings. The summed E-state index contributed by atoms with van der Waals surface area (Å²) in [6, 6.07) is 8.92. The summed E-state index contributed by atoms with van der Waals surface area (Å²) < 4.78 is 4.95. The fourth-order valence-corrected chi connectivity index (χ4v) is 1.57. The number of carboxylic acids is 1. The van der Waals surface area contributed by atoms with E-state index in [0.717, 1.165) is 5.56 Å². The zero-order chi connectivity index (χ0) is 14.3. The quantitative estimate of drug-likeness (QED) is 0.576. The van der Waals surface area contributed by atoms with E-state index in [1.54, 1.807) is 24.3 Å². The molecule has 0 bridgehead atoms. The summed E-state index contributed by atoms with van der Waals surface area (Å²) in [4.78, 5) is 22.4. The average molecular weight is 264 g/mol. The minimum Gasteiger partial charge on any atom is -0.481 e. The minimum atomic E-state index is -2.07. The minimum absolute atomic E-state index is 0.0151. The van der Waals surface area contributed by atoms with Gasteiger partial charge in [0.15, 0.2) is 5.60 Å². The average Bonchev–Trinajstić information content (AvgIpc) is 2.36. The van der Waals surface area contributed by atoms with E-state index in [1.165, 1.54) is 6.08 Å². The lowest BCUT2D eigenvalue weighted by Gasteiger charge is -2.22. The third-order valence-electron chi connectivity index (χ3n) is 2.52. The van der Waals surface area contributed by atoms with Crippen LogP contribution in [0.4, 0.5) is 0 Å². The molecule has 1 aromatic carbocycles. The van der Waals surface area contributed by atoms with Gasteiger partial charge in [0.1, 0.15) is 6.61 Å². The van der Waals surface area contributed by atoms with Crippen molar-refractivity contribution in [1.82, 2.24) is 0 Å². The van der Waals surface area contributed by atoms with Gasteiger partial charge in [0, 0.05) is 6.42 Å². The summed E-state index contributed by atoms with van der Waals surface area (Å²) in [5, 5.41) is 18.7. The van der Waals surface area contributed by atoms with E-state index in [2.05, 4.69) is 6.58 Å². The summed E-state index contributed by atoms with van der Waals surface area (Å²) >= 11 is 0. The molecule has 1 unspecified atom stereocenters. The maximum atomic E-state index is 11.8. The van der Waals surface area contributed by atoms with Crippen molar-refractivity contribution in [2.45, 2.75) is 25.0 Å². The first-order valence-electron chi connectivity index (χ1n) is 5.74. The number of carbonyl (C=O) groups excluding carboxylic acids is 1. The number of carbonyl (C=O) groups is 2. The predicted octanol–water partition coefficient (Wildman–Crippen LogP) is 1.51. The lowest BCUT2D eigenvalue weighted by molar-refractivity contribution is -0.171. The zero-order valence-corrected chi connectivity index (χ0v) is 10.4. The van der Waals surface area contributed by atoms with Gasteiger partial charge in [-0.05, 0) is 5.56 Å². The van der Waals surface area contributed by atoms with E-state index in [4.69, 9.17) is 9.84 Å². The summed E-state index contributed by atoms with van der Waals surface area (Å²) in [7, 11) is 0. The van der Waals surface area contributed by atoms with Crippen LogP contribution in [0.15, 0.2) is 43.0 Å². The Bertz CT molecular complexity index is 454. The predicted molar refractivity (Wildman–Crippen MR) is 68.3 cm³/mol. The van der Waals surface area contributed by atoms with Gasteiger partial charge >= 0.3 is 11.9 Å². The number of benzene rings is 1. The van der Waals surface area contributed by atoms with Crippen LogP contribution in [-0.2, 0) is 20.9 Å². The molecule has 0 spiro atoms. The second kappa shape index (κ2) is 6.70. The Morgan fingerprint density at radius 1 is 1.32 bits per heavy atom. The highest BCUT2D eigenvalue weighted by Gasteiger charge is 2.38. The first-order chi connectivity index (χ1) is 8.98. The number of ether oxygens (including phenoxy) is 1. The van der Waals surface area contributed by atoms with Gasteiger partial charge in [-0.25, -0.2) is 4.79 Å². The van der Waals surface area contributed by atoms with Crippen LogP contribution in [0.3, 0.4) is 0 Å². The van der Waals surface area contributed by atoms with Crippen molar-refractivity contribution in [2.24, 2.45) is 0 Å². The van der Waals surface area contributed by atoms with E-state index < -0.39 is 24.0 Å². The Morgan fingerprint density at radius 3 is 2.47 bits per heavy atom. The molecule has 0 saturated carbocycles. The summed E-state index contributed by atoms with van der Waals surface area (Å²) in [6.07, 6.45) is 0.395. The van der Waals surface area contributed by atoms with Crippen molar-refractivity contribution in [3.63, 3.8) is 0 Å². The molecule has 5 heteroatoms. The van der Waals surface area contributed by atoms with Gasteiger partial charge < -0.3 is 14.9 Å². The maximum absolute atomic E-state index is 11.8. The topological polar surface area (TPSA) is 83.8 Å². The molecular formula is C14H16O5.